The molecule has 0 spiro atoms. The average Bonchev–Trinajstić information content (AvgIpc) is 3.29. The zero-order valence-corrected chi connectivity index (χ0v) is 11.6. The van der Waals surface area contributed by atoms with Crippen LogP contribution in [0.25, 0.3) is 0 Å². The Hall–Kier alpha value is -2.41. The van der Waals surface area contributed by atoms with E-state index in [2.05, 4.69) is 16.2 Å². The van der Waals surface area contributed by atoms with Crippen molar-refractivity contribution >= 4 is 17.7 Å². The molecular formula is C14H17N3O4. The van der Waals surface area contributed by atoms with Crippen molar-refractivity contribution in [3.63, 3.8) is 0 Å². The summed E-state index contributed by atoms with van der Waals surface area (Å²) >= 11 is 0. The van der Waals surface area contributed by atoms with Crippen LogP contribution in [-0.2, 0) is 20.9 Å². The maximum Gasteiger partial charge on any atom is 0.327 e. The third-order valence-corrected chi connectivity index (χ3v) is 2.91. The van der Waals surface area contributed by atoms with E-state index < -0.39 is 17.7 Å². The Kier molecular flexibility index (Phi) is 4.89. The van der Waals surface area contributed by atoms with Crippen LogP contribution in [-0.4, -0.2) is 30.9 Å². The van der Waals surface area contributed by atoms with Gasteiger partial charge < -0.3 is 10.1 Å². The van der Waals surface area contributed by atoms with E-state index in [1.54, 1.807) is 25.3 Å². The van der Waals surface area contributed by atoms with Gasteiger partial charge >= 0.3 is 11.8 Å². The predicted molar refractivity (Wildman–Crippen MR) is 73.9 cm³/mol. The summed E-state index contributed by atoms with van der Waals surface area (Å²) in [4.78, 5) is 34.7. The Morgan fingerprint density at radius 1 is 1.19 bits per heavy atom. The first-order valence-corrected chi connectivity index (χ1v) is 6.59. The van der Waals surface area contributed by atoms with Crippen LogP contribution in [0.5, 0.6) is 0 Å². The fourth-order valence-electron chi connectivity index (χ4n) is 1.69. The fourth-order valence-corrected chi connectivity index (χ4v) is 1.69. The molecule has 1 aromatic carbocycles. The smallest absolute Gasteiger partial charge is 0.327 e. The summed E-state index contributed by atoms with van der Waals surface area (Å²) in [7, 11) is 1.56. The second-order valence-electron chi connectivity index (χ2n) is 4.79. The summed E-state index contributed by atoms with van der Waals surface area (Å²) in [5, 5.41) is 2.52. The molecule has 1 saturated carbocycles. The molecule has 7 heteroatoms. The average molecular weight is 291 g/mol. The minimum Gasteiger partial charge on any atom is -0.380 e. The highest BCUT2D eigenvalue weighted by molar-refractivity contribution is 6.35. The van der Waals surface area contributed by atoms with Crippen molar-refractivity contribution in [3.8, 4) is 0 Å². The molecule has 21 heavy (non-hydrogen) atoms. The normalized spacial score (nSPS) is 13.4. The monoisotopic (exact) mass is 291 g/mol. The second kappa shape index (κ2) is 6.85. The summed E-state index contributed by atoms with van der Waals surface area (Å²) < 4.78 is 4.98. The summed E-state index contributed by atoms with van der Waals surface area (Å²) in [5.74, 6) is -2.13. The molecule has 0 unspecified atom stereocenters. The Morgan fingerprint density at radius 2 is 1.95 bits per heavy atom. The summed E-state index contributed by atoms with van der Waals surface area (Å²) in [6, 6.07) is 6.87. The molecule has 1 aliphatic carbocycles. The highest BCUT2D eigenvalue weighted by Crippen LogP contribution is 2.18. The number of carbonyl (C=O) groups is 3. The number of hydrazine groups is 1. The summed E-state index contributed by atoms with van der Waals surface area (Å²) in [5.41, 5.74) is 5.49. The van der Waals surface area contributed by atoms with E-state index in [9.17, 15) is 14.4 Å². The largest absolute Gasteiger partial charge is 0.380 e. The standard InChI is InChI=1S/C14H17N3O4/c1-21-8-9-3-2-4-10(7-9)12(18)16-17-14(20)13(19)15-11-5-6-11/h2-4,7,11H,5-6,8H2,1H3,(H,15,19)(H,16,18)(H,17,20). The third kappa shape index (κ3) is 4.57. The third-order valence-electron chi connectivity index (χ3n) is 2.91. The molecule has 2 rings (SSSR count). The van der Waals surface area contributed by atoms with Crippen LogP contribution >= 0.6 is 0 Å². The van der Waals surface area contributed by atoms with Crippen LogP contribution in [0.4, 0.5) is 0 Å². The summed E-state index contributed by atoms with van der Waals surface area (Å²) in [6.07, 6.45) is 1.77. The number of ether oxygens (including phenoxy) is 1. The molecule has 0 aliphatic heterocycles. The second-order valence-corrected chi connectivity index (χ2v) is 4.79. The molecule has 0 bridgehead atoms. The number of carbonyl (C=O) groups excluding carboxylic acids is 3. The van der Waals surface area contributed by atoms with E-state index in [-0.39, 0.29) is 6.04 Å². The van der Waals surface area contributed by atoms with Gasteiger partial charge in [0, 0.05) is 18.7 Å². The first kappa shape index (κ1) is 15.0. The number of hydrogen-bond acceptors (Lipinski definition) is 4. The molecule has 3 N–H and O–H groups in total. The van der Waals surface area contributed by atoms with E-state index in [1.165, 1.54) is 0 Å². The SMILES string of the molecule is COCc1cccc(C(=O)NNC(=O)C(=O)NC2CC2)c1. The zero-order chi connectivity index (χ0) is 15.2. The molecule has 0 atom stereocenters. The van der Waals surface area contributed by atoms with Crippen molar-refractivity contribution in [2.24, 2.45) is 0 Å². The molecule has 1 aliphatic rings. The quantitative estimate of drug-likeness (QED) is 0.532. The van der Waals surface area contributed by atoms with Crippen molar-refractivity contribution in [1.29, 1.82) is 0 Å². The Balaban J connectivity index is 1.84. The van der Waals surface area contributed by atoms with Crippen LogP contribution in [0.2, 0.25) is 0 Å². The first-order chi connectivity index (χ1) is 10.1. The molecule has 7 nitrogen and oxygen atoms in total. The van der Waals surface area contributed by atoms with Gasteiger partial charge in [0.2, 0.25) is 0 Å². The van der Waals surface area contributed by atoms with Gasteiger partial charge in [-0.1, -0.05) is 12.1 Å². The Bertz CT molecular complexity index is 555. The number of methoxy groups -OCH3 is 1. The molecule has 1 aromatic rings. The Morgan fingerprint density at radius 3 is 2.62 bits per heavy atom. The van der Waals surface area contributed by atoms with Gasteiger partial charge in [0.25, 0.3) is 5.91 Å². The number of amides is 3. The minimum absolute atomic E-state index is 0.0877. The van der Waals surface area contributed by atoms with Crippen LogP contribution in [0, 0.1) is 0 Å². The lowest BCUT2D eigenvalue weighted by atomic mass is 10.1. The molecular weight excluding hydrogens is 274 g/mol. The van der Waals surface area contributed by atoms with E-state index in [0.29, 0.717) is 12.2 Å². The highest BCUT2D eigenvalue weighted by atomic mass is 16.5. The number of hydrogen-bond donors (Lipinski definition) is 3. The van der Waals surface area contributed by atoms with Gasteiger partial charge in [-0.2, -0.15) is 0 Å². The van der Waals surface area contributed by atoms with E-state index >= 15 is 0 Å². The lowest BCUT2D eigenvalue weighted by Crippen LogP contribution is -2.49. The number of benzene rings is 1. The van der Waals surface area contributed by atoms with Crippen molar-refractivity contribution in [1.82, 2.24) is 16.2 Å². The van der Waals surface area contributed by atoms with Crippen molar-refractivity contribution in [3.05, 3.63) is 35.4 Å². The molecule has 0 radical (unpaired) electrons. The van der Waals surface area contributed by atoms with Gasteiger partial charge in [0.1, 0.15) is 0 Å². The molecule has 112 valence electrons. The topological polar surface area (TPSA) is 96.5 Å². The Labute approximate surface area is 122 Å². The molecule has 0 saturated heterocycles. The molecule has 3 amide bonds. The van der Waals surface area contributed by atoms with Crippen LogP contribution in [0.15, 0.2) is 24.3 Å². The van der Waals surface area contributed by atoms with Crippen molar-refractivity contribution < 1.29 is 19.1 Å². The van der Waals surface area contributed by atoms with Gasteiger partial charge in [-0.15, -0.1) is 0 Å². The van der Waals surface area contributed by atoms with Gasteiger partial charge in [-0.25, -0.2) is 0 Å². The fraction of sp³-hybridized carbons (Fsp3) is 0.357. The maximum absolute atomic E-state index is 11.9. The van der Waals surface area contributed by atoms with Crippen LogP contribution in [0.1, 0.15) is 28.8 Å². The maximum atomic E-state index is 11.9. The zero-order valence-electron chi connectivity index (χ0n) is 11.6. The van der Waals surface area contributed by atoms with Crippen molar-refractivity contribution in [2.45, 2.75) is 25.5 Å². The highest BCUT2D eigenvalue weighted by Gasteiger charge is 2.26. The van der Waals surface area contributed by atoms with E-state index in [1.807, 2.05) is 6.07 Å². The van der Waals surface area contributed by atoms with Gasteiger partial charge in [0.05, 0.1) is 6.61 Å². The number of nitrogens with one attached hydrogen (secondary N) is 3. The molecule has 0 heterocycles. The summed E-state index contributed by atoms with van der Waals surface area (Å²) in [6.45, 7) is 0.386. The van der Waals surface area contributed by atoms with Crippen molar-refractivity contribution in [2.75, 3.05) is 7.11 Å². The van der Waals surface area contributed by atoms with Crippen LogP contribution in [0.3, 0.4) is 0 Å². The van der Waals surface area contributed by atoms with Gasteiger partial charge in [-0.05, 0) is 30.5 Å². The lowest BCUT2D eigenvalue weighted by molar-refractivity contribution is -0.139. The van der Waals surface area contributed by atoms with Gasteiger partial charge in [0.15, 0.2) is 0 Å². The number of rotatable bonds is 4. The minimum atomic E-state index is -0.886. The van der Waals surface area contributed by atoms with E-state index in [0.717, 1.165) is 18.4 Å². The first-order valence-electron chi connectivity index (χ1n) is 6.59. The van der Waals surface area contributed by atoms with Gasteiger partial charge in [-0.3, -0.25) is 25.2 Å². The molecule has 0 aromatic heterocycles. The van der Waals surface area contributed by atoms with Crippen LogP contribution < -0.4 is 16.2 Å². The predicted octanol–water partition coefficient (Wildman–Crippen LogP) is -0.127. The molecule has 1 fully saturated rings. The van der Waals surface area contributed by atoms with E-state index in [4.69, 9.17) is 4.74 Å². The lowest BCUT2D eigenvalue weighted by Gasteiger charge is -2.08.